The molecule has 1 aromatic heterocycles. The average molecular weight is 410 g/mol. The minimum absolute atomic E-state index is 0.203. The molecule has 3 rings (SSSR count). The van der Waals surface area contributed by atoms with Gasteiger partial charge < -0.3 is 23.4 Å². The van der Waals surface area contributed by atoms with Crippen LogP contribution >= 0.6 is 0 Å². The van der Waals surface area contributed by atoms with Gasteiger partial charge in [-0.3, -0.25) is 4.79 Å². The van der Waals surface area contributed by atoms with E-state index in [1.807, 2.05) is 13.8 Å². The van der Waals surface area contributed by atoms with Crippen molar-refractivity contribution in [3.8, 4) is 34.3 Å². The van der Waals surface area contributed by atoms with E-state index in [-0.39, 0.29) is 5.43 Å². The molecule has 0 aliphatic rings. The number of rotatable bonds is 7. The molecule has 0 amide bonds. The lowest BCUT2D eigenvalue weighted by Crippen LogP contribution is -2.06. The smallest absolute Gasteiger partial charge is 0.197 e. The van der Waals surface area contributed by atoms with E-state index < -0.39 is 0 Å². The normalized spacial score (nSPS) is 10.6. The Hall–Kier alpha value is -3.41. The van der Waals surface area contributed by atoms with Crippen molar-refractivity contribution in [1.82, 2.24) is 0 Å². The summed E-state index contributed by atoms with van der Waals surface area (Å²) in [5.41, 5.74) is 2.81. The van der Waals surface area contributed by atoms with E-state index >= 15 is 0 Å². The van der Waals surface area contributed by atoms with E-state index in [0.717, 1.165) is 11.1 Å². The summed E-state index contributed by atoms with van der Waals surface area (Å²) in [5.74, 6) is 2.65. The maximum Gasteiger partial charge on any atom is 0.197 e. The monoisotopic (exact) mass is 410 g/mol. The third-order valence-electron chi connectivity index (χ3n) is 4.81. The van der Waals surface area contributed by atoms with Gasteiger partial charge >= 0.3 is 0 Å². The molecule has 158 valence electrons. The maximum atomic E-state index is 13.1. The summed E-state index contributed by atoms with van der Waals surface area (Å²) in [6.07, 6.45) is 2.64. The molecule has 1 heterocycles. The number of ether oxygens (including phenoxy) is 4. The lowest BCUT2D eigenvalue weighted by atomic mass is 10.0. The molecule has 3 aromatic rings. The third-order valence-corrected chi connectivity index (χ3v) is 4.81. The van der Waals surface area contributed by atoms with Crippen molar-refractivity contribution >= 4 is 11.0 Å². The Morgan fingerprint density at radius 3 is 2.10 bits per heavy atom. The van der Waals surface area contributed by atoms with Gasteiger partial charge in [0.15, 0.2) is 5.43 Å². The molecule has 0 N–H and O–H groups in total. The zero-order valence-corrected chi connectivity index (χ0v) is 18.1. The van der Waals surface area contributed by atoms with Crippen LogP contribution in [0.1, 0.15) is 19.4 Å². The predicted octanol–water partition coefficient (Wildman–Crippen LogP) is 5.00. The first kappa shape index (κ1) is 21.3. The van der Waals surface area contributed by atoms with Crippen molar-refractivity contribution in [3.05, 3.63) is 57.8 Å². The highest BCUT2D eigenvalue weighted by molar-refractivity contribution is 5.88. The molecule has 0 aliphatic carbocycles. The van der Waals surface area contributed by atoms with Crippen LogP contribution in [0.4, 0.5) is 0 Å². The van der Waals surface area contributed by atoms with Crippen LogP contribution in [0.2, 0.25) is 0 Å². The largest absolute Gasteiger partial charge is 0.497 e. The van der Waals surface area contributed by atoms with Crippen LogP contribution in [0.5, 0.6) is 23.0 Å². The van der Waals surface area contributed by atoms with E-state index in [0.29, 0.717) is 51.7 Å². The Morgan fingerprint density at radius 1 is 0.900 bits per heavy atom. The molecule has 0 radical (unpaired) electrons. The molecule has 30 heavy (non-hydrogen) atoms. The maximum absolute atomic E-state index is 13.1. The van der Waals surface area contributed by atoms with Gasteiger partial charge in [-0.05, 0) is 32.4 Å². The van der Waals surface area contributed by atoms with Crippen molar-refractivity contribution < 1.29 is 23.4 Å². The first-order chi connectivity index (χ1) is 14.4. The minimum Gasteiger partial charge on any atom is -0.497 e. The molecule has 0 fully saturated rings. The van der Waals surface area contributed by atoms with Gasteiger partial charge in [-0.1, -0.05) is 11.6 Å². The Balaban J connectivity index is 2.27. The first-order valence-electron chi connectivity index (χ1n) is 9.50. The van der Waals surface area contributed by atoms with Crippen LogP contribution in [0, 0.1) is 0 Å². The predicted molar refractivity (Wildman–Crippen MR) is 117 cm³/mol. The molecular weight excluding hydrogens is 384 g/mol. The molecule has 6 nitrogen and oxygen atoms in total. The summed E-state index contributed by atoms with van der Waals surface area (Å²) in [4.78, 5) is 13.1. The van der Waals surface area contributed by atoms with Crippen LogP contribution in [0.25, 0.3) is 22.3 Å². The molecule has 2 aromatic carbocycles. The van der Waals surface area contributed by atoms with Gasteiger partial charge in [-0.2, -0.15) is 0 Å². The van der Waals surface area contributed by atoms with Crippen LogP contribution in [0.15, 0.2) is 51.2 Å². The van der Waals surface area contributed by atoms with Crippen LogP contribution < -0.4 is 24.4 Å². The number of hydrogen-bond acceptors (Lipinski definition) is 6. The van der Waals surface area contributed by atoms with E-state index in [1.165, 1.54) is 6.07 Å². The van der Waals surface area contributed by atoms with Crippen molar-refractivity contribution in [1.29, 1.82) is 0 Å². The van der Waals surface area contributed by atoms with Gasteiger partial charge in [-0.25, -0.2) is 0 Å². The van der Waals surface area contributed by atoms with Crippen molar-refractivity contribution in [3.63, 3.8) is 0 Å². The summed E-state index contributed by atoms with van der Waals surface area (Å²) in [6, 6.07) is 8.50. The van der Waals surface area contributed by atoms with Crippen molar-refractivity contribution in [2.45, 2.75) is 20.3 Å². The fraction of sp³-hybridized carbons (Fsp3) is 0.292. The molecule has 0 spiro atoms. The molecular formula is C24H26O6. The standard InChI is InChI=1S/C24H26O6/c1-14(2)7-8-18-21(28-5)13-22-23(24(18)29-6)19(25)12-20(30-22)15-9-16(26-3)11-17(10-15)27-4/h7,9-13H,8H2,1-6H3. The third kappa shape index (κ3) is 4.13. The van der Waals surface area contributed by atoms with E-state index in [9.17, 15) is 4.79 Å². The van der Waals surface area contributed by atoms with Gasteiger partial charge in [-0.15, -0.1) is 0 Å². The molecule has 0 saturated heterocycles. The Bertz CT molecular complexity index is 1130. The fourth-order valence-corrected chi connectivity index (χ4v) is 3.30. The first-order valence-corrected chi connectivity index (χ1v) is 9.50. The summed E-state index contributed by atoms with van der Waals surface area (Å²) < 4.78 is 28.0. The number of hydrogen-bond donors (Lipinski definition) is 0. The van der Waals surface area contributed by atoms with E-state index in [2.05, 4.69) is 6.08 Å². The second kappa shape index (κ2) is 8.95. The lowest BCUT2D eigenvalue weighted by Gasteiger charge is -2.15. The van der Waals surface area contributed by atoms with Crippen LogP contribution in [-0.4, -0.2) is 28.4 Å². The molecule has 0 aliphatic heterocycles. The number of fused-ring (bicyclic) bond motifs is 1. The zero-order valence-electron chi connectivity index (χ0n) is 18.1. The fourth-order valence-electron chi connectivity index (χ4n) is 3.30. The van der Waals surface area contributed by atoms with Gasteiger partial charge in [0.2, 0.25) is 0 Å². The quantitative estimate of drug-likeness (QED) is 0.511. The molecule has 0 saturated carbocycles. The number of allylic oxidation sites excluding steroid dienone is 2. The lowest BCUT2D eigenvalue weighted by molar-refractivity contribution is 0.389. The van der Waals surface area contributed by atoms with Crippen molar-refractivity contribution in [2.75, 3.05) is 28.4 Å². The summed E-state index contributed by atoms with van der Waals surface area (Å²) in [5, 5.41) is 0.383. The minimum atomic E-state index is -0.203. The van der Waals surface area contributed by atoms with E-state index in [1.54, 1.807) is 52.7 Å². The Kier molecular flexibility index (Phi) is 6.35. The van der Waals surface area contributed by atoms with Crippen LogP contribution in [0.3, 0.4) is 0 Å². The second-order valence-corrected chi connectivity index (χ2v) is 7.03. The topological polar surface area (TPSA) is 67.1 Å². The van der Waals surface area contributed by atoms with Gasteiger partial charge in [0.05, 0.1) is 28.4 Å². The average Bonchev–Trinajstić information content (AvgIpc) is 2.75. The van der Waals surface area contributed by atoms with Gasteiger partial charge in [0.25, 0.3) is 0 Å². The molecule has 0 bridgehead atoms. The van der Waals surface area contributed by atoms with Crippen molar-refractivity contribution in [2.24, 2.45) is 0 Å². The van der Waals surface area contributed by atoms with Crippen LogP contribution in [-0.2, 0) is 6.42 Å². The summed E-state index contributed by atoms with van der Waals surface area (Å²) >= 11 is 0. The zero-order chi connectivity index (χ0) is 21.8. The highest BCUT2D eigenvalue weighted by Crippen LogP contribution is 2.38. The van der Waals surface area contributed by atoms with Gasteiger partial charge in [0.1, 0.15) is 39.7 Å². The summed E-state index contributed by atoms with van der Waals surface area (Å²) in [6.45, 7) is 4.03. The highest BCUT2D eigenvalue weighted by Gasteiger charge is 2.20. The SMILES string of the molecule is COc1cc(OC)cc(-c2cc(=O)c3c(OC)c(CC=C(C)C)c(OC)cc3o2)c1. The Morgan fingerprint density at radius 2 is 1.57 bits per heavy atom. The Labute approximate surface area is 175 Å². The molecule has 0 unspecified atom stereocenters. The number of methoxy groups -OCH3 is 4. The number of benzene rings is 2. The second-order valence-electron chi connectivity index (χ2n) is 7.03. The summed E-state index contributed by atoms with van der Waals surface area (Å²) in [7, 11) is 6.26. The highest BCUT2D eigenvalue weighted by atomic mass is 16.5. The van der Waals surface area contributed by atoms with E-state index in [4.69, 9.17) is 23.4 Å². The molecule has 6 heteroatoms. The van der Waals surface area contributed by atoms with Gasteiger partial charge in [0, 0.05) is 29.3 Å². The molecule has 0 atom stereocenters.